The molecule has 1 saturated heterocycles. The average molecular weight is 463 g/mol. The van der Waals surface area contributed by atoms with Crippen molar-refractivity contribution >= 4 is 50.8 Å². The van der Waals surface area contributed by atoms with Crippen LogP contribution in [-0.2, 0) is 22.5 Å². The van der Waals surface area contributed by atoms with Gasteiger partial charge in [0.1, 0.15) is 11.5 Å². The van der Waals surface area contributed by atoms with Gasteiger partial charge in [0.25, 0.3) is 5.91 Å². The van der Waals surface area contributed by atoms with E-state index < -0.39 is 5.82 Å². The average Bonchev–Trinajstić information content (AvgIpc) is 3.37. The number of nitrogens with one attached hydrogen (secondary N) is 2. The van der Waals surface area contributed by atoms with Gasteiger partial charge in [-0.15, -0.1) is 0 Å². The highest BCUT2D eigenvalue weighted by Crippen LogP contribution is 2.31. The lowest BCUT2D eigenvalue weighted by atomic mass is 10.00. The number of ether oxygens (including phenoxy) is 1. The van der Waals surface area contributed by atoms with Gasteiger partial charge in [0, 0.05) is 42.4 Å². The minimum atomic E-state index is -0.457. The van der Waals surface area contributed by atoms with Crippen LogP contribution in [0.2, 0.25) is 5.02 Å². The number of nitrogens with zero attached hydrogens (tertiary/aromatic N) is 2. The lowest BCUT2D eigenvalue weighted by molar-refractivity contribution is -0.122. The third-order valence-electron chi connectivity index (χ3n) is 5.72. The largest absolute Gasteiger partial charge is 0.381 e. The fraction of sp³-hybridized carbons (Fsp3) is 0.381. The van der Waals surface area contributed by atoms with E-state index in [4.69, 9.17) is 16.3 Å². The van der Waals surface area contributed by atoms with Crippen LogP contribution in [0.25, 0.3) is 10.9 Å². The first-order valence-electron chi connectivity index (χ1n) is 10.1. The molecule has 10 heteroatoms. The summed E-state index contributed by atoms with van der Waals surface area (Å²) in [5, 5.41) is 4.37. The molecule has 2 aromatic heterocycles. The Morgan fingerprint density at radius 3 is 2.90 bits per heavy atom. The number of rotatable bonds is 3. The normalized spacial score (nSPS) is 17.0. The van der Waals surface area contributed by atoms with Gasteiger partial charge in [0.15, 0.2) is 5.13 Å². The van der Waals surface area contributed by atoms with Gasteiger partial charge in [-0.2, -0.15) is 0 Å². The lowest BCUT2D eigenvalue weighted by Gasteiger charge is -2.25. The Morgan fingerprint density at radius 2 is 2.10 bits per heavy atom. The molecule has 2 aliphatic heterocycles. The highest BCUT2D eigenvalue weighted by atomic mass is 35.5. The van der Waals surface area contributed by atoms with Crippen molar-refractivity contribution in [3.05, 3.63) is 45.3 Å². The molecule has 2 aliphatic rings. The van der Waals surface area contributed by atoms with Crippen LogP contribution in [0.1, 0.15) is 33.9 Å². The SMILES string of the molecule is O=C(Nc1nc2c(s1)CN(C(=O)c1cc3c(Cl)cc(F)cc3[nH]1)CC2)C1CCOCC1. The zero-order valence-electron chi connectivity index (χ0n) is 16.5. The molecule has 5 rings (SSSR count). The molecule has 0 atom stereocenters. The molecule has 31 heavy (non-hydrogen) atoms. The number of amides is 2. The number of hydrogen-bond acceptors (Lipinski definition) is 5. The van der Waals surface area contributed by atoms with Gasteiger partial charge in [-0.25, -0.2) is 9.37 Å². The van der Waals surface area contributed by atoms with Crippen LogP contribution in [0.4, 0.5) is 9.52 Å². The molecule has 0 bridgehead atoms. The number of carbonyl (C=O) groups excluding carboxylic acids is 2. The summed E-state index contributed by atoms with van der Waals surface area (Å²) >= 11 is 7.50. The molecule has 7 nitrogen and oxygen atoms in total. The third-order valence-corrected chi connectivity index (χ3v) is 7.03. The molecule has 0 saturated carbocycles. The van der Waals surface area contributed by atoms with Gasteiger partial charge in [0.05, 0.1) is 22.8 Å². The van der Waals surface area contributed by atoms with Crippen molar-refractivity contribution in [2.75, 3.05) is 25.1 Å². The summed E-state index contributed by atoms with van der Waals surface area (Å²) in [6, 6.07) is 4.21. The first-order valence-corrected chi connectivity index (χ1v) is 11.3. The predicted molar refractivity (Wildman–Crippen MR) is 116 cm³/mol. The second-order valence-electron chi connectivity index (χ2n) is 7.77. The van der Waals surface area contributed by atoms with E-state index in [1.54, 1.807) is 11.0 Å². The fourth-order valence-electron chi connectivity index (χ4n) is 4.04. The summed E-state index contributed by atoms with van der Waals surface area (Å²) in [6.45, 7) is 2.14. The van der Waals surface area contributed by atoms with Crippen LogP contribution in [0.3, 0.4) is 0 Å². The number of benzene rings is 1. The van der Waals surface area contributed by atoms with Crippen LogP contribution in [0.15, 0.2) is 18.2 Å². The highest BCUT2D eigenvalue weighted by Gasteiger charge is 2.28. The Bertz CT molecular complexity index is 1170. The first kappa shape index (κ1) is 20.4. The quantitative estimate of drug-likeness (QED) is 0.616. The molecular weight excluding hydrogens is 443 g/mol. The monoisotopic (exact) mass is 462 g/mol. The second kappa shape index (κ2) is 8.22. The number of hydrogen-bond donors (Lipinski definition) is 2. The Labute approximate surface area is 186 Å². The molecule has 4 heterocycles. The molecular formula is C21H20ClFN4O3S. The van der Waals surface area contributed by atoms with Gasteiger partial charge >= 0.3 is 0 Å². The third kappa shape index (κ3) is 4.05. The van der Waals surface area contributed by atoms with Crippen molar-refractivity contribution in [1.29, 1.82) is 0 Å². The van der Waals surface area contributed by atoms with Crippen molar-refractivity contribution in [2.45, 2.75) is 25.8 Å². The molecule has 0 spiro atoms. The van der Waals surface area contributed by atoms with Crippen molar-refractivity contribution < 1.29 is 18.7 Å². The molecule has 162 valence electrons. The van der Waals surface area contributed by atoms with Gasteiger partial charge < -0.3 is 19.9 Å². The van der Waals surface area contributed by atoms with E-state index in [0.717, 1.165) is 23.4 Å². The Morgan fingerprint density at radius 1 is 1.29 bits per heavy atom. The minimum Gasteiger partial charge on any atom is -0.381 e. The zero-order chi connectivity index (χ0) is 21.5. The van der Waals surface area contributed by atoms with Crippen LogP contribution in [0.5, 0.6) is 0 Å². The van der Waals surface area contributed by atoms with E-state index in [9.17, 15) is 14.0 Å². The number of halogens is 2. The van der Waals surface area contributed by atoms with Crippen molar-refractivity contribution in [2.24, 2.45) is 5.92 Å². The smallest absolute Gasteiger partial charge is 0.270 e. The van der Waals surface area contributed by atoms with Crippen molar-refractivity contribution in [3.8, 4) is 0 Å². The maximum Gasteiger partial charge on any atom is 0.270 e. The molecule has 3 aromatic rings. The fourth-order valence-corrected chi connectivity index (χ4v) is 5.32. The molecule has 0 radical (unpaired) electrons. The minimum absolute atomic E-state index is 0.0236. The second-order valence-corrected chi connectivity index (χ2v) is 9.26. The predicted octanol–water partition coefficient (Wildman–Crippen LogP) is 3.98. The molecule has 1 aromatic carbocycles. The first-order chi connectivity index (χ1) is 15.0. The molecule has 0 aliphatic carbocycles. The highest BCUT2D eigenvalue weighted by molar-refractivity contribution is 7.15. The Kier molecular flexibility index (Phi) is 5.41. The summed E-state index contributed by atoms with van der Waals surface area (Å²) in [5.74, 6) is -0.712. The Balaban J connectivity index is 1.30. The molecule has 2 N–H and O–H groups in total. The van der Waals surface area contributed by atoms with Crippen LogP contribution in [0, 0.1) is 11.7 Å². The maximum absolute atomic E-state index is 13.6. The van der Waals surface area contributed by atoms with Crippen LogP contribution in [-0.4, -0.2) is 46.4 Å². The van der Waals surface area contributed by atoms with Crippen LogP contribution >= 0.6 is 22.9 Å². The number of carbonyl (C=O) groups is 2. The topological polar surface area (TPSA) is 87.3 Å². The van der Waals surface area contributed by atoms with E-state index >= 15 is 0 Å². The van der Waals surface area contributed by atoms with Gasteiger partial charge in [-0.05, 0) is 31.0 Å². The summed E-state index contributed by atoms with van der Waals surface area (Å²) in [7, 11) is 0. The number of aromatic nitrogens is 2. The Hall–Kier alpha value is -2.49. The number of anilines is 1. The zero-order valence-corrected chi connectivity index (χ0v) is 18.1. The van der Waals surface area contributed by atoms with Gasteiger partial charge in [0.2, 0.25) is 5.91 Å². The number of thiazole rings is 1. The molecule has 0 unspecified atom stereocenters. The number of H-pyrrole nitrogens is 1. The summed E-state index contributed by atoms with van der Waals surface area (Å²) in [5.41, 5.74) is 1.77. The number of fused-ring (bicyclic) bond motifs is 2. The van der Waals surface area contributed by atoms with Gasteiger partial charge in [-0.1, -0.05) is 22.9 Å². The van der Waals surface area contributed by atoms with Crippen molar-refractivity contribution in [1.82, 2.24) is 14.9 Å². The number of aromatic amines is 1. The molecule has 2 amide bonds. The van der Waals surface area contributed by atoms with Crippen LogP contribution < -0.4 is 5.32 Å². The summed E-state index contributed by atoms with van der Waals surface area (Å²) in [6.07, 6.45) is 2.05. The van der Waals surface area contributed by atoms with E-state index in [1.165, 1.54) is 23.5 Å². The van der Waals surface area contributed by atoms with E-state index in [2.05, 4.69) is 15.3 Å². The summed E-state index contributed by atoms with van der Waals surface area (Å²) < 4.78 is 18.9. The lowest BCUT2D eigenvalue weighted by Crippen LogP contribution is -2.35. The standard InChI is InChI=1S/C21H20ClFN4O3S/c22-14-7-12(23)8-16-13(14)9-17(24-16)20(29)27-4-1-15-18(10-27)31-21(25-15)26-19(28)11-2-5-30-6-3-11/h7-9,11,24H,1-6,10H2,(H,25,26,28). The van der Waals surface area contributed by atoms with E-state index in [0.29, 0.717) is 54.5 Å². The van der Waals surface area contributed by atoms with Gasteiger partial charge in [-0.3, -0.25) is 9.59 Å². The van der Waals surface area contributed by atoms with E-state index in [1.807, 2.05) is 0 Å². The van der Waals surface area contributed by atoms with E-state index in [-0.39, 0.29) is 22.8 Å². The maximum atomic E-state index is 13.6. The summed E-state index contributed by atoms with van der Waals surface area (Å²) in [4.78, 5) is 35.7. The molecule has 1 fully saturated rings. The van der Waals surface area contributed by atoms with Crippen molar-refractivity contribution in [3.63, 3.8) is 0 Å².